The van der Waals surface area contributed by atoms with Gasteiger partial charge in [-0.25, -0.2) is 0 Å². The van der Waals surface area contributed by atoms with E-state index in [1.165, 1.54) is 0 Å². The van der Waals surface area contributed by atoms with Crippen LogP contribution in [0.4, 0.5) is 0 Å². The second-order valence-corrected chi connectivity index (χ2v) is 5.38. The molecule has 4 heteroatoms. The van der Waals surface area contributed by atoms with Crippen molar-refractivity contribution in [3.05, 3.63) is 23.0 Å². The van der Waals surface area contributed by atoms with E-state index in [0.29, 0.717) is 6.04 Å². The summed E-state index contributed by atoms with van der Waals surface area (Å²) in [5.41, 5.74) is 2.91. The van der Waals surface area contributed by atoms with Crippen molar-refractivity contribution in [1.82, 2.24) is 15.2 Å². The zero-order valence-electron chi connectivity index (χ0n) is 11.7. The van der Waals surface area contributed by atoms with Gasteiger partial charge in [-0.1, -0.05) is 6.92 Å². The standard InChI is InChI=1S/C14H23N3O/c1-9-7-16-11(3)13(9)14(18)10(2)12-8-15-5-6-17(12)4/h7,10,12,15-16H,5-6,8H2,1-4H3. The lowest BCUT2D eigenvalue weighted by Gasteiger charge is -2.36. The minimum atomic E-state index is 0.0241. The number of rotatable bonds is 3. The lowest BCUT2D eigenvalue weighted by molar-refractivity contribution is 0.0797. The number of aryl methyl sites for hydroxylation is 2. The molecule has 1 aliphatic rings. The Morgan fingerprint density at radius 1 is 1.50 bits per heavy atom. The van der Waals surface area contributed by atoms with Crippen molar-refractivity contribution in [3.8, 4) is 0 Å². The lowest BCUT2D eigenvalue weighted by Crippen LogP contribution is -2.53. The molecule has 1 fully saturated rings. The highest BCUT2D eigenvalue weighted by Gasteiger charge is 2.31. The van der Waals surface area contributed by atoms with Gasteiger partial charge in [-0.15, -0.1) is 0 Å². The molecule has 1 aliphatic heterocycles. The molecule has 0 bridgehead atoms. The Labute approximate surface area is 109 Å². The number of Topliss-reactive ketones (excluding diaryl/α,β-unsaturated/α-hetero) is 1. The van der Waals surface area contributed by atoms with Crippen LogP contribution in [0.3, 0.4) is 0 Å². The zero-order valence-corrected chi connectivity index (χ0v) is 11.7. The zero-order chi connectivity index (χ0) is 13.3. The first-order chi connectivity index (χ1) is 8.52. The molecule has 2 heterocycles. The van der Waals surface area contributed by atoms with Crippen LogP contribution in [0, 0.1) is 19.8 Å². The van der Waals surface area contributed by atoms with Gasteiger partial charge in [-0.05, 0) is 26.5 Å². The van der Waals surface area contributed by atoms with Gasteiger partial charge in [-0.3, -0.25) is 4.79 Å². The van der Waals surface area contributed by atoms with Gasteiger partial charge in [0.05, 0.1) is 0 Å². The Morgan fingerprint density at radius 3 is 2.78 bits per heavy atom. The van der Waals surface area contributed by atoms with Crippen molar-refractivity contribution >= 4 is 5.78 Å². The van der Waals surface area contributed by atoms with E-state index in [9.17, 15) is 4.79 Å². The molecule has 2 rings (SSSR count). The predicted molar refractivity (Wildman–Crippen MR) is 73.0 cm³/mol. The topological polar surface area (TPSA) is 48.1 Å². The molecule has 100 valence electrons. The monoisotopic (exact) mass is 249 g/mol. The van der Waals surface area contributed by atoms with Crippen molar-refractivity contribution in [2.75, 3.05) is 26.7 Å². The van der Waals surface area contributed by atoms with E-state index in [4.69, 9.17) is 0 Å². The van der Waals surface area contributed by atoms with Crippen molar-refractivity contribution in [1.29, 1.82) is 0 Å². The number of aromatic amines is 1. The largest absolute Gasteiger partial charge is 0.364 e. The van der Waals surface area contributed by atoms with Crippen LogP contribution in [0.5, 0.6) is 0 Å². The predicted octanol–water partition coefficient (Wildman–Crippen LogP) is 1.35. The van der Waals surface area contributed by atoms with Crippen molar-refractivity contribution < 1.29 is 4.79 Å². The summed E-state index contributed by atoms with van der Waals surface area (Å²) < 4.78 is 0. The number of likely N-dealkylation sites (N-methyl/N-ethyl adjacent to an activating group) is 1. The number of nitrogens with zero attached hydrogens (tertiary/aromatic N) is 1. The number of aromatic nitrogens is 1. The van der Waals surface area contributed by atoms with Crippen molar-refractivity contribution in [3.63, 3.8) is 0 Å². The highest BCUT2D eigenvalue weighted by Crippen LogP contribution is 2.21. The van der Waals surface area contributed by atoms with Crippen LogP contribution in [-0.4, -0.2) is 48.4 Å². The maximum atomic E-state index is 12.6. The molecule has 4 nitrogen and oxygen atoms in total. The lowest BCUT2D eigenvalue weighted by atomic mass is 9.89. The van der Waals surface area contributed by atoms with Gasteiger partial charge in [0, 0.05) is 49.0 Å². The molecule has 0 saturated carbocycles. The first-order valence-electron chi connectivity index (χ1n) is 6.62. The van der Waals surface area contributed by atoms with E-state index in [-0.39, 0.29) is 11.7 Å². The third-order valence-corrected chi connectivity index (χ3v) is 4.07. The van der Waals surface area contributed by atoms with Crippen molar-refractivity contribution in [2.45, 2.75) is 26.8 Å². The second kappa shape index (κ2) is 5.24. The second-order valence-electron chi connectivity index (χ2n) is 5.38. The first-order valence-corrected chi connectivity index (χ1v) is 6.62. The fraction of sp³-hybridized carbons (Fsp3) is 0.643. The highest BCUT2D eigenvalue weighted by atomic mass is 16.1. The SMILES string of the molecule is Cc1c[nH]c(C)c1C(=O)C(C)C1CNCCN1C. The van der Waals surface area contributed by atoms with Crippen molar-refractivity contribution in [2.24, 2.45) is 5.92 Å². The number of piperazine rings is 1. The highest BCUT2D eigenvalue weighted by molar-refractivity contribution is 6.00. The van der Waals surface area contributed by atoms with Crippen LogP contribution in [0.1, 0.15) is 28.5 Å². The molecule has 1 saturated heterocycles. The fourth-order valence-corrected chi connectivity index (χ4v) is 2.82. The molecule has 0 amide bonds. The van der Waals surface area contributed by atoms with Gasteiger partial charge in [0.25, 0.3) is 0 Å². The van der Waals surface area contributed by atoms with Crippen LogP contribution in [0.25, 0.3) is 0 Å². The Hall–Kier alpha value is -1.13. The molecule has 2 unspecified atom stereocenters. The number of H-pyrrole nitrogens is 1. The Kier molecular flexibility index (Phi) is 3.88. The molecule has 0 aliphatic carbocycles. The number of carbonyl (C=O) groups is 1. The number of hydrogen-bond acceptors (Lipinski definition) is 3. The van der Waals surface area contributed by atoms with E-state index in [0.717, 1.165) is 36.5 Å². The molecule has 2 atom stereocenters. The van der Waals surface area contributed by atoms with Crippen LogP contribution < -0.4 is 5.32 Å². The molecule has 0 spiro atoms. The molecular formula is C14H23N3O. The number of carbonyl (C=O) groups excluding carboxylic acids is 1. The van der Waals surface area contributed by atoms with Crippen LogP contribution in [0.2, 0.25) is 0 Å². The third-order valence-electron chi connectivity index (χ3n) is 4.07. The quantitative estimate of drug-likeness (QED) is 0.795. The van der Waals surface area contributed by atoms with Gasteiger partial charge in [0.1, 0.15) is 0 Å². The summed E-state index contributed by atoms with van der Waals surface area (Å²) in [7, 11) is 2.10. The van der Waals surface area contributed by atoms with Gasteiger partial charge in [0.15, 0.2) is 5.78 Å². The van der Waals surface area contributed by atoms with E-state index in [2.05, 4.69) is 22.2 Å². The van der Waals surface area contributed by atoms with Crippen LogP contribution >= 0.6 is 0 Å². The molecule has 18 heavy (non-hydrogen) atoms. The third kappa shape index (κ3) is 2.35. The molecule has 1 aromatic heterocycles. The maximum Gasteiger partial charge on any atom is 0.169 e. The molecule has 0 aromatic carbocycles. The summed E-state index contributed by atoms with van der Waals surface area (Å²) in [6.45, 7) is 8.92. The Bertz CT molecular complexity index is 419. The van der Waals surface area contributed by atoms with Gasteiger partial charge in [-0.2, -0.15) is 0 Å². The average Bonchev–Trinajstić information content (AvgIpc) is 2.68. The number of nitrogens with one attached hydrogen (secondary N) is 2. The summed E-state index contributed by atoms with van der Waals surface area (Å²) in [5, 5.41) is 3.37. The molecule has 2 N–H and O–H groups in total. The normalized spacial score (nSPS) is 23.0. The molecule has 1 aromatic rings. The molecular weight excluding hydrogens is 226 g/mol. The van der Waals surface area contributed by atoms with Crippen LogP contribution in [0.15, 0.2) is 6.20 Å². The van der Waals surface area contributed by atoms with E-state index >= 15 is 0 Å². The number of hydrogen-bond donors (Lipinski definition) is 2. The van der Waals surface area contributed by atoms with Gasteiger partial charge in [0.2, 0.25) is 0 Å². The summed E-state index contributed by atoms with van der Waals surface area (Å²) >= 11 is 0. The smallest absolute Gasteiger partial charge is 0.169 e. The van der Waals surface area contributed by atoms with Gasteiger partial charge < -0.3 is 15.2 Å². The fourth-order valence-electron chi connectivity index (χ4n) is 2.82. The summed E-state index contributed by atoms with van der Waals surface area (Å²) in [6.07, 6.45) is 1.91. The summed E-state index contributed by atoms with van der Waals surface area (Å²) in [5.74, 6) is 0.280. The average molecular weight is 249 g/mol. The van der Waals surface area contributed by atoms with Crippen LogP contribution in [-0.2, 0) is 0 Å². The number of ketones is 1. The first kappa shape index (κ1) is 13.3. The summed E-state index contributed by atoms with van der Waals surface area (Å²) in [6, 6.07) is 0.292. The van der Waals surface area contributed by atoms with E-state index < -0.39 is 0 Å². The Balaban J connectivity index is 2.18. The van der Waals surface area contributed by atoms with Gasteiger partial charge >= 0.3 is 0 Å². The molecule has 0 radical (unpaired) electrons. The summed E-state index contributed by atoms with van der Waals surface area (Å²) in [4.78, 5) is 18.0. The van der Waals surface area contributed by atoms with E-state index in [1.807, 2.05) is 27.0 Å². The minimum absolute atomic E-state index is 0.0241. The van der Waals surface area contributed by atoms with E-state index in [1.54, 1.807) is 0 Å². The maximum absolute atomic E-state index is 12.6. The Morgan fingerprint density at radius 2 is 2.22 bits per heavy atom. The minimum Gasteiger partial charge on any atom is -0.364 e.